The Morgan fingerprint density at radius 1 is 1.03 bits per heavy atom. The van der Waals surface area contributed by atoms with Crippen LogP contribution >= 0.6 is 0 Å². The van der Waals surface area contributed by atoms with Gasteiger partial charge in [0.25, 0.3) is 11.5 Å². The van der Waals surface area contributed by atoms with Crippen LogP contribution < -0.4 is 15.8 Å². The summed E-state index contributed by atoms with van der Waals surface area (Å²) in [6.07, 6.45) is 2.91. The fourth-order valence-electron chi connectivity index (χ4n) is 3.86. The second-order valence-corrected chi connectivity index (χ2v) is 7.93. The van der Waals surface area contributed by atoms with Crippen molar-refractivity contribution in [2.75, 3.05) is 11.4 Å². The van der Waals surface area contributed by atoms with E-state index in [4.69, 9.17) is 0 Å². The third-order valence-corrected chi connectivity index (χ3v) is 5.66. The number of nitrogens with one attached hydrogen (secondary N) is 1. The SMILES string of the molecule is CCCCn1nc(C(=O)NCc2ccc(CN3CCc4ccccc43)cc2)ccc1=O. The van der Waals surface area contributed by atoms with Crippen molar-refractivity contribution in [2.45, 2.75) is 45.8 Å². The zero-order valence-corrected chi connectivity index (χ0v) is 17.9. The number of carbonyl (C=O) groups is 1. The number of amides is 1. The normalized spacial score (nSPS) is 12.6. The molecule has 0 atom stereocenters. The maximum absolute atomic E-state index is 12.5. The van der Waals surface area contributed by atoms with Crippen LogP contribution in [0.15, 0.2) is 65.5 Å². The Morgan fingerprint density at radius 3 is 2.61 bits per heavy atom. The largest absolute Gasteiger partial charge is 0.367 e. The molecule has 0 radical (unpaired) electrons. The van der Waals surface area contributed by atoms with E-state index in [1.807, 2.05) is 12.1 Å². The Balaban J connectivity index is 1.33. The van der Waals surface area contributed by atoms with Gasteiger partial charge in [0, 0.05) is 37.9 Å². The van der Waals surface area contributed by atoms with Crippen LogP contribution in [-0.2, 0) is 26.1 Å². The first kappa shape index (κ1) is 20.8. The number of hydrogen-bond acceptors (Lipinski definition) is 4. The van der Waals surface area contributed by atoms with Gasteiger partial charge >= 0.3 is 0 Å². The molecule has 31 heavy (non-hydrogen) atoms. The highest BCUT2D eigenvalue weighted by Gasteiger charge is 2.18. The van der Waals surface area contributed by atoms with Crippen molar-refractivity contribution in [1.29, 1.82) is 0 Å². The standard InChI is InChI=1S/C25H28N4O2/c1-2-3-15-29-24(30)13-12-22(27-29)25(31)26-17-19-8-10-20(11-9-19)18-28-16-14-21-6-4-5-7-23(21)28/h4-13H,2-3,14-18H2,1H3,(H,26,31). The second kappa shape index (κ2) is 9.60. The van der Waals surface area contributed by atoms with Crippen molar-refractivity contribution < 1.29 is 4.79 Å². The summed E-state index contributed by atoms with van der Waals surface area (Å²) in [7, 11) is 0. The predicted molar refractivity (Wildman–Crippen MR) is 122 cm³/mol. The van der Waals surface area contributed by atoms with Gasteiger partial charge in [-0.15, -0.1) is 0 Å². The van der Waals surface area contributed by atoms with Gasteiger partial charge in [0.15, 0.2) is 0 Å². The molecule has 0 saturated carbocycles. The topological polar surface area (TPSA) is 67.2 Å². The summed E-state index contributed by atoms with van der Waals surface area (Å²) >= 11 is 0. The highest BCUT2D eigenvalue weighted by molar-refractivity contribution is 5.91. The molecule has 6 heteroatoms. The van der Waals surface area contributed by atoms with Crippen LogP contribution in [0.1, 0.15) is 46.9 Å². The average molecular weight is 417 g/mol. The van der Waals surface area contributed by atoms with Gasteiger partial charge in [0.2, 0.25) is 0 Å². The summed E-state index contributed by atoms with van der Waals surface area (Å²) in [5.41, 5.74) is 5.10. The number of aromatic nitrogens is 2. The number of para-hydroxylation sites is 1. The molecule has 0 fully saturated rings. The number of carbonyl (C=O) groups excluding carboxylic acids is 1. The van der Waals surface area contributed by atoms with Crippen LogP contribution in [0.2, 0.25) is 0 Å². The van der Waals surface area contributed by atoms with Gasteiger partial charge in [0.1, 0.15) is 5.69 Å². The highest BCUT2D eigenvalue weighted by Crippen LogP contribution is 2.28. The Morgan fingerprint density at radius 2 is 1.81 bits per heavy atom. The molecule has 0 spiro atoms. The molecule has 1 N–H and O–H groups in total. The van der Waals surface area contributed by atoms with Gasteiger partial charge in [-0.1, -0.05) is 55.8 Å². The maximum Gasteiger partial charge on any atom is 0.271 e. The fourth-order valence-corrected chi connectivity index (χ4v) is 3.86. The van der Waals surface area contributed by atoms with Crippen LogP contribution in [-0.4, -0.2) is 22.2 Å². The van der Waals surface area contributed by atoms with Crippen LogP contribution in [0.25, 0.3) is 0 Å². The number of hydrogen-bond donors (Lipinski definition) is 1. The zero-order valence-electron chi connectivity index (χ0n) is 17.9. The molecule has 2 aromatic carbocycles. The van der Waals surface area contributed by atoms with Crippen molar-refractivity contribution in [3.63, 3.8) is 0 Å². The summed E-state index contributed by atoms with van der Waals surface area (Å²) in [6.45, 7) is 4.93. The third kappa shape index (κ3) is 5.02. The van der Waals surface area contributed by atoms with Crippen molar-refractivity contribution >= 4 is 11.6 Å². The molecule has 3 aromatic rings. The first-order valence-electron chi connectivity index (χ1n) is 10.9. The molecule has 1 aliphatic rings. The number of benzene rings is 2. The molecule has 6 nitrogen and oxygen atoms in total. The molecule has 0 saturated heterocycles. The van der Waals surface area contributed by atoms with E-state index in [-0.39, 0.29) is 17.2 Å². The predicted octanol–water partition coefficient (Wildman–Crippen LogP) is 3.54. The zero-order chi connectivity index (χ0) is 21.6. The number of anilines is 1. The van der Waals surface area contributed by atoms with E-state index < -0.39 is 0 Å². The lowest BCUT2D eigenvalue weighted by atomic mass is 10.1. The summed E-state index contributed by atoms with van der Waals surface area (Å²) < 4.78 is 1.36. The molecule has 0 bridgehead atoms. The van der Waals surface area contributed by atoms with E-state index in [1.165, 1.54) is 33.6 Å². The number of rotatable bonds is 8. The molecule has 0 unspecified atom stereocenters. The van der Waals surface area contributed by atoms with E-state index in [2.05, 4.69) is 58.6 Å². The number of nitrogens with zero attached hydrogens (tertiary/aromatic N) is 3. The van der Waals surface area contributed by atoms with E-state index in [9.17, 15) is 9.59 Å². The molecule has 4 rings (SSSR count). The Hall–Kier alpha value is -3.41. The lowest BCUT2D eigenvalue weighted by molar-refractivity contribution is 0.0943. The molecule has 1 aromatic heterocycles. The Labute approximate surface area is 182 Å². The van der Waals surface area contributed by atoms with E-state index in [0.29, 0.717) is 13.1 Å². The lowest BCUT2D eigenvalue weighted by Gasteiger charge is -2.19. The number of fused-ring (bicyclic) bond motifs is 1. The minimum Gasteiger partial charge on any atom is -0.367 e. The van der Waals surface area contributed by atoms with Crippen molar-refractivity contribution in [1.82, 2.24) is 15.1 Å². The molecular weight excluding hydrogens is 388 g/mol. The monoisotopic (exact) mass is 416 g/mol. The van der Waals surface area contributed by atoms with Gasteiger partial charge in [-0.05, 0) is 41.7 Å². The molecule has 160 valence electrons. The van der Waals surface area contributed by atoms with Crippen LogP contribution in [0.4, 0.5) is 5.69 Å². The Bertz CT molecular complexity index is 1110. The lowest BCUT2D eigenvalue weighted by Crippen LogP contribution is -2.29. The van der Waals surface area contributed by atoms with Gasteiger partial charge in [-0.3, -0.25) is 9.59 Å². The first-order chi connectivity index (χ1) is 15.1. The number of unbranched alkanes of at least 4 members (excludes halogenated alkanes) is 1. The van der Waals surface area contributed by atoms with Gasteiger partial charge in [0.05, 0.1) is 0 Å². The van der Waals surface area contributed by atoms with Crippen LogP contribution in [0.3, 0.4) is 0 Å². The second-order valence-electron chi connectivity index (χ2n) is 7.93. The van der Waals surface area contributed by atoms with Crippen molar-refractivity contribution in [3.8, 4) is 0 Å². The number of aryl methyl sites for hydroxylation is 1. The van der Waals surface area contributed by atoms with Gasteiger partial charge in [-0.2, -0.15) is 5.10 Å². The first-order valence-corrected chi connectivity index (χ1v) is 10.9. The summed E-state index contributed by atoms with van der Waals surface area (Å²) in [5, 5.41) is 7.09. The quantitative estimate of drug-likeness (QED) is 0.610. The van der Waals surface area contributed by atoms with Crippen molar-refractivity contribution in [3.05, 3.63) is 93.4 Å². The van der Waals surface area contributed by atoms with Crippen LogP contribution in [0, 0.1) is 0 Å². The van der Waals surface area contributed by atoms with Gasteiger partial charge < -0.3 is 10.2 Å². The minimum absolute atomic E-state index is 0.179. The molecule has 0 aliphatic carbocycles. The van der Waals surface area contributed by atoms with Crippen LogP contribution in [0.5, 0.6) is 0 Å². The smallest absolute Gasteiger partial charge is 0.271 e. The van der Waals surface area contributed by atoms with Gasteiger partial charge in [-0.25, -0.2) is 4.68 Å². The summed E-state index contributed by atoms with van der Waals surface area (Å²) in [6, 6.07) is 19.8. The molecular formula is C25H28N4O2. The Kier molecular flexibility index (Phi) is 6.46. The van der Waals surface area contributed by atoms with Crippen molar-refractivity contribution in [2.24, 2.45) is 0 Å². The molecule has 2 heterocycles. The highest BCUT2D eigenvalue weighted by atomic mass is 16.2. The summed E-state index contributed by atoms with van der Waals surface area (Å²) in [4.78, 5) is 26.7. The van der Waals surface area contributed by atoms with E-state index in [0.717, 1.165) is 37.9 Å². The molecule has 1 amide bonds. The summed E-state index contributed by atoms with van der Waals surface area (Å²) in [5.74, 6) is -0.275. The van der Waals surface area contributed by atoms with E-state index >= 15 is 0 Å². The third-order valence-electron chi connectivity index (χ3n) is 5.66. The molecule has 1 aliphatic heterocycles. The fraction of sp³-hybridized carbons (Fsp3) is 0.320. The average Bonchev–Trinajstić information content (AvgIpc) is 3.20. The maximum atomic E-state index is 12.5. The minimum atomic E-state index is -0.275. The van der Waals surface area contributed by atoms with E-state index in [1.54, 1.807) is 0 Å².